The van der Waals surface area contributed by atoms with Crippen LogP contribution in [-0.4, -0.2) is 38.1 Å². The van der Waals surface area contributed by atoms with Gasteiger partial charge in [-0.25, -0.2) is 0 Å². The van der Waals surface area contributed by atoms with Crippen LogP contribution < -0.4 is 15.5 Å². The Hall–Kier alpha value is -1.26. The predicted octanol–water partition coefficient (Wildman–Crippen LogP) is 2.42. The van der Waals surface area contributed by atoms with Crippen molar-refractivity contribution < 1.29 is 4.79 Å². The van der Waals surface area contributed by atoms with Crippen LogP contribution in [0.3, 0.4) is 0 Å². The van der Waals surface area contributed by atoms with Gasteiger partial charge in [-0.3, -0.25) is 4.79 Å². The van der Waals surface area contributed by atoms with E-state index in [0.29, 0.717) is 0 Å². The summed E-state index contributed by atoms with van der Waals surface area (Å²) in [5, 5.41) is 7.33. The van der Waals surface area contributed by atoms with E-state index in [9.17, 15) is 4.79 Å². The first-order valence-corrected chi connectivity index (χ1v) is 8.62. The quantitative estimate of drug-likeness (QED) is 0.898. The lowest BCUT2D eigenvalue weighted by atomic mass is 9.97. The fourth-order valence-electron chi connectivity index (χ4n) is 3.42. The third-order valence-electron chi connectivity index (χ3n) is 4.63. The van der Waals surface area contributed by atoms with Gasteiger partial charge in [0, 0.05) is 25.7 Å². The Morgan fingerprint density at radius 3 is 2.91 bits per heavy atom. The van der Waals surface area contributed by atoms with Crippen molar-refractivity contribution in [2.24, 2.45) is 5.92 Å². The summed E-state index contributed by atoms with van der Waals surface area (Å²) in [6, 6.07) is 8.16. The fraction of sp³-hybridized carbons (Fsp3) is 0.588. The third kappa shape index (κ3) is 3.73. The molecule has 1 aromatic rings. The summed E-state index contributed by atoms with van der Waals surface area (Å²) in [6.07, 6.45) is 4.22. The molecule has 2 aliphatic rings. The van der Waals surface area contributed by atoms with Crippen molar-refractivity contribution in [3.8, 4) is 0 Å². The first-order chi connectivity index (χ1) is 10.7. The number of carbonyl (C=O) groups is 1. The van der Waals surface area contributed by atoms with Crippen LogP contribution in [0.5, 0.6) is 0 Å². The van der Waals surface area contributed by atoms with Crippen LogP contribution in [0.4, 0.5) is 5.69 Å². The topological polar surface area (TPSA) is 44.4 Å². The Balaban J connectivity index is 1.58. The van der Waals surface area contributed by atoms with Crippen LogP contribution in [0.25, 0.3) is 0 Å². The number of para-hydroxylation sites is 1. The van der Waals surface area contributed by atoms with E-state index in [2.05, 4.69) is 21.6 Å². The standard InChI is InChI=1S/C17H24ClN3O/c18-15-7-1-2-8-16(15)21-10-4-6-14(12-21)20-17(22)13-5-3-9-19-11-13/h1-2,7-8,13-14,19H,3-6,9-12H2,(H,20,22). The normalized spacial score (nSPS) is 25.8. The van der Waals surface area contributed by atoms with E-state index < -0.39 is 0 Å². The Kier molecular flexibility index (Phi) is 5.21. The summed E-state index contributed by atoms with van der Waals surface area (Å²) in [5.74, 6) is 0.336. The molecule has 1 amide bonds. The molecule has 2 saturated heterocycles. The number of rotatable bonds is 3. The molecule has 0 bridgehead atoms. The SMILES string of the molecule is O=C(NC1CCCN(c2ccccc2Cl)C1)C1CCCNC1. The molecular weight excluding hydrogens is 298 g/mol. The van der Waals surface area contributed by atoms with Crippen molar-refractivity contribution in [1.29, 1.82) is 0 Å². The minimum absolute atomic E-state index is 0.129. The highest BCUT2D eigenvalue weighted by Crippen LogP contribution is 2.27. The van der Waals surface area contributed by atoms with Crippen molar-refractivity contribution in [3.05, 3.63) is 29.3 Å². The number of hydrogen-bond donors (Lipinski definition) is 2. The number of amides is 1. The zero-order chi connectivity index (χ0) is 15.4. The predicted molar refractivity (Wildman–Crippen MR) is 90.4 cm³/mol. The molecule has 2 atom stereocenters. The summed E-state index contributed by atoms with van der Waals surface area (Å²) in [7, 11) is 0. The number of hydrogen-bond acceptors (Lipinski definition) is 3. The lowest BCUT2D eigenvalue weighted by Crippen LogP contribution is -2.51. The van der Waals surface area contributed by atoms with E-state index in [1.54, 1.807) is 0 Å². The number of piperidine rings is 2. The van der Waals surface area contributed by atoms with Crippen molar-refractivity contribution >= 4 is 23.2 Å². The first kappa shape index (κ1) is 15.6. The maximum atomic E-state index is 12.4. The molecule has 0 radical (unpaired) electrons. The van der Waals surface area contributed by atoms with Gasteiger partial charge < -0.3 is 15.5 Å². The Bertz CT molecular complexity index is 516. The summed E-state index contributed by atoms with van der Waals surface area (Å²) < 4.78 is 0. The number of benzene rings is 1. The van der Waals surface area contributed by atoms with Gasteiger partial charge >= 0.3 is 0 Å². The molecule has 120 valence electrons. The molecule has 0 aliphatic carbocycles. The smallest absolute Gasteiger partial charge is 0.224 e. The van der Waals surface area contributed by atoms with Crippen molar-refractivity contribution in [2.75, 3.05) is 31.1 Å². The Labute approximate surface area is 137 Å². The van der Waals surface area contributed by atoms with Gasteiger partial charge in [0.25, 0.3) is 0 Å². The molecule has 3 rings (SSSR count). The van der Waals surface area contributed by atoms with Crippen LogP contribution in [0.15, 0.2) is 24.3 Å². The molecule has 2 aliphatic heterocycles. The van der Waals surface area contributed by atoms with Gasteiger partial charge in [0.15, 0.2) is 0 Å². The summed E-state index contributed by atoms with van der Waals surface area (Å²) in [6.45, 7) is 3.69. The van der Waals surface area contributed by atoms with Crippen molar-refractivity contribution in [3.63, 3.8) is 0 Å². The number of anilines is 1. The minimum Gasteiger partial charge on any atom is -0.368 e. The van der Waals surface area contributed by atoms with E-state index >= 15 is 0 Å². The maximum Gasteiger partial charge on any atom is 0.224 e. The molecule has 2 heterocycles. The van der Waals surface area contributed by atoms with Crippen LogP contribution >= 0.6 is 11.6 Å². The van der Waals surface area contributed by atoms with E-state index in [0.717, 1.165) is 62.6 Å². The van der Waals surface area contributed by atoms with Gasteiger partial charge in [0.1, 0.15) is 0 Å². The first-order valence-electron chi connectivity index (χ1n) is 8.24. The van der Waals surface area contributed by atoms with Gasteiger partial charge in [0.2, 0.25) is 5.91 Å². The number of halogens is 1. The Morgan fingerprint density at radius 2 is 2.14 bits per heavy atom. The number of nitrogens with zero attached hydrogens (tertiary/aromatic N) is 1. The second-order valence-corrected chi connectivity index (χ2v) is 6.70. The molecule has 0 spiro atoms. The number of carbonyl (C=O) groups excluding carboxylic acids is 1. The highest BCUT2D eigenvalue weighted by molar-refractivity contribution is 6.33. The average molecular weight is 322 g/mol. The van der Waals surface area contributed by atoms with Gasteiger partial charge in [0.05, 0.1) is 16.6 Å². The van der Waals surface area contributed by atoms with Gasteiger partial charge in [-0.05, 0) is 44.4 Å². The fourth-order valence-corrected chi connectivity index (χ4v) is 3.67. The van der Waals surface area contributed by atoms with Crippen LogP contribution in [0.1, 0.15) is 25.7 Å². The zero-order valence-corrected chi connectivity index (χ0v) is 13.6. The largest absolute Gasteiger partial charge is 0.368 e. The Morgan fingerprint density at radius 1 is 1.27 bits per heavy atom. The molecule has 2 unspecified atom stereocenters. The molecule has 0 saturated carbocycles. The highest BCUT2D eigenvalue weighted by Gasteiger charge is 2.26. The van der Waals surface area contributed by atoms with Crippen LogP contribution in [0.2, 0.25) is 5.02 Å². The van der Waals surface area contributed by atoms with Gasteiger partial charge in [-0.1, -0.05) is 23.7 Å². The van der Waals surface area contributed by atoms with Gasteiger partial charge in [-0.15, -0.1) is 0 Å². The molecule has 0 aromatic heterocycles. The zero-order valence-electron chi connectivity index (χ0n) is 12.9. The molecule has 5 heteroatoms. The summed E-state index contributed by atoms with van der Waals surface area (Å²) in [5.41, 5.74) is 1.07. The minimum atomic E-state index is 0.129. The third-order valence-corrected chi connectivity index (χ3v) is 4.95. The lowest BCUT2D eigenvalue weighted by molar-refractivity contribution is -0.126. The van der Waals surface area contributed by atoms with Crippen LogP contribution in [-0.2, 0) is 4.79 Å². The van der Waals surface area contributed by atoms with E-state index in [4.69, 9.17) is 11.6 Å². The van der Waals surface area contributed by atoms with E-state index in [-0.39, 0.29) is 17.9 Å². The second-order valence-electron chi connectivity index (χ2n) is 6.29. The molecular formula is C17H24ClN3O. The van der Waals surface area contributed by atoms with E-state index in [1.807, 2.05) is 18.2 Å². The van der Waals surface area contributed by atoms with Gasteiger partial charge in [-0.2, -0.15) is 0 Å². The molecule has 1 aromatic carbocycles. The van der Waals surface area contributed by atoms with Crippen molar-refractivity contribution in [1.82, 2.24) is 10.6 Å². The highest BCUT2D eigenvalue weighted by atomic mass is 35.5. The molecule has 22 heavy (non-hydrogen) atoms. The van der Waals surface area contributed by atoms with Crippen molar-refractivity contribution in [2.45, 2.75) is 31.7 Å². The molecule has 4 nitrogen and oxygen atoms in total. The summed E-state index contributed by atoms with van der Waals surface area (Å²) >= 11 is 6.30. The lowest BCUT2D eigenvalue weighted by Gasteiger charge is -2.36. The molecule has 2 N–H and O–H groups in total. The maximum absolute atomic E-state index is 12.4. The number of nitrogens with one attached hydrogen (secondary N) is 2. The monoisotopic (exact) mass is 321 g/mol. The molecule has 2 fully saturated rings. The van der Waals surface area contributed by atoms with Crippen LogP contribution in [0, 0.1) is 5.92 Å². The van der Waals surface area contributed by atoms with E-state index in [1.165, 1.54) is 0 Å². The average Bonchev–Trinajstić information content (AvgIpc) is 2.56. The second kappa shape index (κ2) is 7.34. The summed E-state index contributed by atoms with van der Waals surface area (Å²) in [4.78, 5) is 14.7.